The number of carbonyl (C=O) groups is 2. The Balaban J connectivity index is 2.88. The zero-order chi connectivity index (χ0) is 11.7. The Morgan fingerprint density at radius 1 is 1.60 bits per heavy atom. The van der Waals surface area contributed by atoms with Gasteiger partial charge in [0.05, 0.1) is 13.5 Å². The summed E-state index contributed by atoms with van der Waals surface area (Å²) in [5.41, 5.74) is -1.79. The topological polar surface area (TPSA) is 55.4 Å². The molecule has 1 amide bonds. The van der Waals surface area contributed by atoms with Gasteiger partial charge in [-0.05, 0) is 0 Å². The normalized spacial score (nSPS) is 26.3. The Labute approximate surface area is 83.8 Å². The van der Waals surface area contributed by atoms with Crippen molar-refractivity contribution in [2.24, 2.45) is 5.41 Å². The van der Waals surface area contributed by atoms with E-state index in [-0.39, 0.29) is 6.54 Å². The van der Waals surface area contributed by atoms with E-state index in [2.05, 4.69) is 10.1 Å². The molecule has 0 bridgehead atoms. The number of hydrogen-bond donors (Lipinski definition) is 1. The lowest BCUT2D eigenvalue weighted by Crippen LogP contribution is -2.38. The first-order valence-corrected chi connectivity index (χ1v) is 4.21. The molecule has 0 aromatic rings. The molecule has 0 saturated carbocycles. The fraction of sp³-hybridized carbons (Fsp3) is 0.750. The first kappa shape index (κ1) is 11.8. The number of hydrogen-bond acceptors (Lipinski definition) is 3. The van der Waals surface area contributed by atoms with E-state index in [4.69, 9.17) is 0 Å². The van der Waals surface area contributed by atoms with Gasteiger partial charge in [-0.25, -0.2) is 0 Å². The van der Waals surface area contributed by atoms with Crippen LogP contribution in [0.2, 0.25) is 0 Å². The molecule has 0 aliphatic carbocycles. The number of amides is 1. The van der Waals surface area contributed by atoms with Crippen molar-refractivity contribution in [1.29, 1.82) is 0 Å². The van der Waals surface area contributed by atoms with Crippen molar-refractivity contribution < 1.29 is 27.5 Å². The van der Waals surface area contributed by atoms with Gasteiger partial charge in [0, 0.05) is 13.0 Å². The molecule has 1 aliphatic heterocycles. The maximum absolute atomic E-state index is 12.2. The second-order valence-corrected chi connectivity index (χ2v) is 3.52. The van der Waals surface area contributed by atoms with E-state index in [1.165, 1.54) is 0 Å². The number of ether oxygens (including phenoxy) is 1. The highest BCUT2D eigenvalue weighted by molar-refractivity contribution is 5.89. The number of nitrogens with one attached hydrogen (secondary N) is 1. The smallest absolute Gasteiger partial charge is 0.390 e. The number of halogens is 3. The van der Waals surface area contributed by atoms with Gasteiger partial charge in [-0.15, -0.1) is 0 Å². The molecule has 4 nitrogen and oxygen atoms in total. The van der Waals surface area contributed by atoms with Crippen molar-refractivity contribution in [2.75, 3.05) is 13.7 Å². The third-order valence-electron chi connectivity index (χ3n) is 2.28. The second-order valence-electron chi connectivity index (χ2n) is 3.52. The van der Waals surface area contributed by atoms with Gasteiger partial charge in [0.15, 0.2) is 0 Å². The van der Waals surface area contributed by atoms with E-state index < -0.39 is 36.3 Å². The zero-order valence-corrected chi connectivity index (χ0v) is 7.98. The Morgan fingerprint density at radius 2 is 2.20 bits per heavy atom. The Morgan fingerprint density at radius 3 is 2.53 bits per heavy atom. The molecular formula is C8H10F3NO3. The summed E-state index contributed by atoms with van der Waals surface area (Å²) in [5.74, 6) is -1.57. The fourth-order valence-electron chi connectivity index (χ4n) is 1.64. The standard InChI is InChI=1S/C8H10F3NO3/c1-15-6(14)7(3-8(9,10)11)2-5(13)12-4-7/h2-4H2,1H3,(H,12,13). The molecule has 1 saturated heterocycles. The maximum atomic E-state index is 12.2. The number of methoxy groups -OCH3 is 1. The molecule has 0 spiro atoms. The van der Waals surface area contributed by atoms with E-state index in [9.17, 15) is 22.8 Å². The Kier molecular flexibility index (Phi) is 2.92. The van der Waals surface area contributed by atoms with Gasteiger partial charge in [0.1, 0.15) is 5.41 Å². The second kappa shape index (κ2) is 3.71. The predicted molar refractivity (Wildman–Crippen MR) is 42.7 cm³/mol. The lowest BCUT2D eigenvalue weighted by atomic mass is 9.83. The number of alkyl halides is 3. The molecule has 1 aliphatic rings. The van der Waals surface area contributed by atoms with Crippen LogP contribution in [0.1, 0.15) is 12.8 Å². The predicted octanol–water partition coefficient (Wildman–Crippen LogP) is 0.618. The summed E-state index contributed by atoms with van der Waals surface area (Å²) in [4.78, 5) is 22.1. The first-order chi connectivity index (χ1) is 6.79. The summed E-state index contributed by atoms with van der Waals surface area (Å²) in [5, 5.41) is 2.21. The summed E-state index contributed by atoms with van der Waals surface area (Å²) in [6, 6.07) is 0. The highest BCUT2D eigenvalue weighted by atomic mass is 19.4. The summed E-state index contributed by atoms with van der Waals surface area (Å²) in [7, 11) is 1.00. The highest BCUT2D eigenvalue weighted by Gasteiger charge is 2.52. The van der Waals surface area contributed by atoms with Crippen molar-refractivity contribution in [3.63, 3.8) is 0 Å². The van der Waals surface area contributed by atoms with Gasteiger partial charge in [0.2, 0.25) is 5.91 Å². The Hall–Kier alpha value is -1.27. The summed E-state index contributed by atoms with van der Waals surface area (Å²) >= 11 is 0. The van der Waals surface area contributed by atoms with Crippen molar-refractivity contribution in [1.82, 2.24) is 5.32 Å². The molecule has 7 heteroatoms. The van der Waals surface area contributed by atoms with Gasteiger partial charge in [0.25, 0.3) is 0 Å². The molecule has 1 heterocycles. The van der Waals surface area contributed by atoms with Crippen LogP contribution < -0.4 is 5.32 Å². The van der Waals surface area contributed by atoms with Crippen LogP contribution in [0, 0.1) is 5.41 Å². The number of esters is 1. The van der Waals surface area contributed by atoms with Gasteiger partial charge in [-0.1, -0.05) is 0 Å². The molecule has 1 rings (SSSR count). The van der Waals surface area contributed by atoms with E-state index in [0.717, 1.165) is 7.11 Å². The van der Waals surface area contributed by atoms with E-state index in [1.807, 2.05) is 0 Å². The van der Waals surface area contributed by atoms with Crippen molar-refractivity contribution in [3.8, 4) is 0 Å². The quantitative estimate of drug-likeness (QED) is 0.701. The fourth-order valence-corrected chi connectivity index (χ4v) is 1.64. The van der Waals surface area contributed by atoms with Gasteiger partial charge >= 0.3 is 12.1 Å². The van der Waals surface area contributed by atoms with Crippen LogP contribution in [-0.2, 0) is 14.3 Å². The third kappa shape index (κ3) is 2.60. The van der Waals surface area contributed by atoms with Crippen LogP contribution >= 0.6 is 0 Å². The van der Waals surface area contributed by atoms with Gasteiger partial charge in [-0.2, -0.15) is 13.2 Å². The molecule has 86 valence electrons. The minimum absolute atomic E-state index is 0.321. The lowest BCUT2D eigenvalue weighted by Gasteiger charge is -2.24. The molecule has 15 heavy (non-hydrogen) atoms. The highest BCUT2D eigenvalue weighted by Crippen LogP contribution is 2.39. The van der Waals surface area contributed by atoms with Crippen molar-refractivity contribution >= 4 is 11.9 Å². The summed E-state index contributed by atoms with van der Waals surface area (Å²) in [6.07, 6.45) is -6.31. The molecule has 1 N–H and O–H groups in total. The van der Waals surface area contributed by atoms with Crippen molar-refractivity contribution in [3.05, 3.63) is 0 Å². The molecule has 0 radical (unpaired) electrons. The molecule has 0 aromatic carbocycles. The van der Waals surface area contributed by atoms with Gasteiger partial charge in [-0.3, -0.25) is 9.59 Å². The Bertz CT molecular complexity index is 289. The minimum Gasteiger partial charge on any atom is -0.469 e. The largest absolute Gasteiger partial charge is 0.469 e. The van der Waals surface area contributed by atoms with Crippen LogP contribution in [0.3, 0.4) is 0 Å². The van der Waals surface area contributed by atoms with Gasteiger partial charge < -0.3 is 10.1 Å². The molecular weight excluding hydrogens is 215 g/mol. The average Bonchev–Trinajstić information content (AvgIpc) is 2.44. The number of carbonyl (C=O) groups excluding carboxylic acids is 2. The van der Waals surface area contributed by atoms with Crippen LogP contribution in [0.25, 0.3) is 0 Å². The average molecular weight is 225 g/mol. The van der Waals surface area contributed by atoms with Crippen LogP contribution in [0.5, 0.6) is 0 Å². The monoisotopic (exact) mass is 225 g/mol. The number of rotatable bonds is 2. The summed E-state index contributed by atoms with van der Waals surface area (Å²) in [6.45, 7) is -0.321. The third-order valence-corrected chi connectivity index (χ3v) is 2.28. The molecule has 1 unspecified atom stereocenters. The molecule has 0 aromatic heterocycles. The van der Waals surface area contributed by atoms with E-state index in [1.54, 1.807) is 0 Å². The van der Waals surface area contributed by atoms with E-state index in [0.29, 0.717) is 0 Å². The van der Waals surface area contributed by atoms with Crippen LogP contribution in [-0.4, -0.2) is 31.7 Å². The SMILES string of the molecule is COC(=O)C1(CC(F)(F)F)CNC(=O)C1. The molecule has 1 atom stereocenters. The lowest BCUT2D eigenvalue weighted by molar-refractivity contribution is -0.179. The molecule has 1 fully saturated rings. The van der Waals surface area contributed by atoms with E-state index >= 15 is 0 Å². The summed E-state index contributed by atoms with van der Waals surface area (Å²) < 4.78 is 41.0. The maximum Gasteiger partial charge on any atom is 0.390 e. The first-order valence-electron chi connectivity index (χ1n) is 4.21. The zero-order valence-electron chi connectivity index (χ0n) is 7.98. The van der Waals surface area contributed by atoms with Crippen LogP contribution in [0.4, 0.5) is 13.2 Å². The van der Waals surface area contributed by atoms with Crippen molar-refractivity contribution in [2.45, 2.75) is 19.0 Å². The van der Waals surface area contributed by atoms with Crippen LogP contribution in [0.15, 0.2) is 0 Å². The minimum atomic E-state index is -4.50.